The predicted octanol–water partition coefficient (Wildman–Crippen LogP) is 2.45. The van der Waals surface area contributed by atoms with E-state index in [1.807, 2.05) is 30.3 Å². The number of pyridine rings is 1. The largest absolute Gasteiger partial charge is 0.503 e. The van der Waals surface area contributed by atoms with Gasteiger partial charge < -0.3 is 24.1 Å². The predicted molar refractivity (Wildman–Crippen MR) is 123 cm³/mol. The summed E-state index contributed by atoms with van der Waals surface area (Å²) >= 11 is 0. The first-order chi connectivity index (χ1) is 16.4. The van der Waals surface area contributed by atoms with Crippen LogP contribution < -0.4 is 16.3 Å². The summed E-state index contributed by atoms with van der Waals surface area (Å²) in [5.41, 5.74) is -0.448. The van der Waals surface area contributed by atoms with Gasteiger partial charge in [0.15, 0.2) is 11.3 Å². The summed E-state index contributed by atoms with van der Waals surface area (Å²) in [6, 6.07) is 15.1. The van der Waals surface area contributed by atoms with Crippen LogP contribution in [0.3, 0.4) is 0 Å². The minimum atomic E-state index is -0.952. The van der Waals surface area contributed by atoms with E-state index < -0.39 is 28.5 Å². The number of rotatable bonds is 8. The van der Waals surface area contributed by atoms with Crippen molar-refractivity contribution in [3.63, 3.8) is 0 Å². The van der Waals surface area contributed by atoms with E-state index in [0.717, 1.165) is 5.56 Å². The average Bonchev–Trinajstić information content (AvgIpc) is 2.85. The lowest BCUT2D eigenvalue weighted by Crippen LogP contribution is -2.31. The molecule has 34 heavy (non-hydrogen) atoms. The first-order valence-corrected chi connectivity index (χ1v) is 10.6. The highest BCUT2D eigenvalue weighted by Gasteiger charge is 2.19. The van der Waals surface area contributed by atoms with E-state index in [0.29, 0.717) is 12.2 Å². The van der Waals surface area contributed by atoms with Crippen LogP contribution in [0.25, 0.3) is 5.52 Å². The van der Waals surface area contributed by atoms with Crippen molar-refractivity contribution in [1.82, 2.24) is 14.3 Å². The lowest BCUT2D eigenvalue weighted by Gasteiger charge is -2.11. The zero-order chi connectivity index (χ0) is 24.1. The molecule has 0 unspecified atom stereocenters. The highest BCUT2D eigenvalue weighted by molar-refractivity contribution is 5.94. The van der Waals surface area contributed by atoms with Gasteiger partial charge in [-0.05, 0) is 23.3 Å². The van der Waals surface area contributed by atoms with E-state index in [9.17, 15) is 23.9 Å². The zero-order valence-electron chi connectivity index (χ0n) is 18.1. The van der Waals surface area contributed by atoms with Crippen LogP contribution in [-0.2, 0) is 24.4 Å². The molecular weight excluding hydrogens is 441 g/mol. The number of benzene rings is 2. The SMILES string of the molecule is O=C(NCc1ccc(F)cc1)c1cn2ccn(CCOCc3ccccc3)c(=O)c2c(O)c1=O. The second kappa shape index (κ2) is 10.1. The molecule has 0 saturated heterocycles. The van der Waals surface area contributed by atoms with Gasteiger partial charge in [0.05, 0.1) is 13.2 Å². The van der Waals surface area contributed by atoms with Crippen molar-refractivity contribution in [2.24, 2.45) is 0 Å². The molecule has 0 aliphatic carbocycles. The Morgan fingerprint density at radius 3 is 2.47 bits per heavy atom. The topological polar surface area (TPSA) is 102 Å². The van der Waals surface area contributed by atoms with E-state index in [4.69, 9.17) is 4.74 Å². The Morgan fingerprint density at radius 2 is 1.74 bits per heavy atom. The number of ether oxygens (including phenoxy) is 1. The molecule has 1 amide bonds. The molecule has 0 aliphatic heterocycles. The first-order valence-electron chi connectivity index (χ1n) is 10.6. The zero-order valence-corrected chi connectivity index (χ0v) is 18.1. The molecule has 9 heteroatoms. The Kier molecular flexibility index (Phi) is 6.84. The number of hydrogen-bond donors (Lipinski definition) is 2. The monoisotopic (exact) mass is 463 g/mol. The van der Waals surface area contributed by atoms with Crippen molar-refractivity contribution in [2.75, 3.05) is 6.61 Å². The lowest BCUT2D eigenvalue weighted by molar-refractivity contribution is 0.0949. The molecule has 2 N–H and O–H groups in total. The fourth-order valence-electron chi connectivity index (χ4n) is 3.45. The van der Waals surface area contributed by atoms with Crippen molar-refractivity contribution in [2.45, 2.75) is 19.7 Å². The second-order valence-electron chi connectivity index (χ2n) is 7.62. The molecular formula is C25H22FN3O5. The summed E-state index contributed by atoms with van der Waals surface area (Å²) in [4.78, 5) is 38.0. The van der Waals surface area contributed by atoms with Crippen LogP contribution >= 0.6 is 0 Å². The number of amides is 1. The van der Waals surface area contributed by atoms with Crippen LogP contribution in [0, 0.1) is 5.82 Å². The van der Waals surface area contributed by atoms with Crippen molar-refractivity contribution in [1.29, 1.82) is 0 Å². The number of nitrogens with one attached hydrogen (secondary N) is 1. The summed E-state index contributed by atoms with van der Waals surface area (Å²) in [6.07, 6.45) is 4.17. The van der Waals surface area contributed by atoms with Gasteiger partial charge >= 0.3 is 0 Å². The molecule has 0 bridgehead atoms. The summed E-state index contributed by atoms with van der Waals surface area (Å²) in [7, 11) is 0. The molecule has 0 spiro atoms. The van der Waals surface area contributed by atoms with Gasteiger partial charge in [0.1, 0.15) is 11.4 Å². The molecule has 2 aromatic carbocycles. The minimum absolute atomic E-state index is 0.0621. The van der Waals surface area contributed by atoms with Crippen LogP contribution in [0.4, 0.5) is 4.39 Å². The number of hydrogen-bond acceptors (Lipinski definition) is 5. The van der Waals surface area contributed by atoms with Gasteiger partial charge in [0, 0.05) is 31.7 Å². The molecule has 4 rings (SSSR count). The molecule has 174 valence electrons. The van der Waals surface area contributed by atoms with Crippen LogP contribution in [-0.4, -0.2) is 26.6 Å². The maximum atomic E-state index is 13.0. The number of fused-ring (bicyclic) bond motifs is 1. The Morgan fingerprint density at radius 1 is 1.00 bits per heavy atom. The third-order valence-corrected chi connectivity index (χ3v) is 5.28. The van der Waals surface area contributed by atoms with Crippen LogP contribution in [0.5, 0.6) is 5.75 Å². The van der Waals surface area contributed by atoms with E-state index in [-0.39, 0.29) is 30.8 Å². The van der Waals surface area contributed by atoms with Crippen molar-refractivity contribution < 1.29 is 19.0 Å². The number of nitrogens with zero attached hydrogens (tertiary/aromatic N) is 2. The molecule has 0 fully saturated rings. The normalized spacial score (nSPS) is 11.0. The van der Waals surface area contributed by atoms with Gasteiger partial charge in [0.25, 0.3) is 11.5 Å². The molecule has 4 aromatic rings. The van der Waals surface area contributed by atoms with Crippen molar-refractivity contribution in [3.05, 3.63) is 116 Å². The molecule has 0 atom stereocenters. The molecule has 2 heterocycles. The summed E-state index contributed by atoms with van der Waals surface area (Å²) in [5, 5.41) is 13.0. The molecule has 0 aliphatic rings. The van der Waals surface area contributed by atoms with E-state index in [1.54, 1.807) is 0 Å². The number of carbonyl (C=O) groups excluding carboxylic acids is 1. The Balaban J connectivity index is 1.49. The average molecular weight is 463 g/mol. The molecule has 2 aromatic heterocycles. The highest BCUT2D eigenvalue weighted by Crippen LogP contribution is 2.11. The minimum Gasteiger partial charge on any atom is -0.503 e. The highest BCUT2D eigenvalue weighted by atomic mass is 19.1. The smallest absolute Gasteiger partial charge is 0.278 e. The fraction of sp³-hybridized carbons (Fsp3) is 0.160. The fourth-order valence-corrected chi connectivity index (χ4v) is 3.45. The van der Waals surface area contributed by atoms with E-state index in [1.165, 1.54) is 51.8 Å². The third-order valence-electron chi connectivity index (χ3n) is 5.28. The quantitative estimate of drug-likeness (QED) is 0.391. The van der Waals surface area contributed by atoms with Crippen LogP contribution in [0.2, 0.25) is 0 Å². The first kappa shape index (κ1) is 22.9. The van der Waals surface area contributed by atoms with E-state index >= 15 is 0 Å². The Labute approximate surface area is 193 Å². The molecule has 8 nitrogen and oxygen atoms in total. The van der Waals surface area contributed by atoms with Crippen LogP contribution in [0.15, 0.2) is 82.8 Å². The number of halogens is 1. The van der Waals surface area contributed by atoms with Gasteiger partial charge in [-0.3, -0.25) is 14.4 Å². The summed E-state index contributed by atoms with van der Waals surface area (Å²) < 4.78 is 21.2. The number of aromatic hydroxyl groups is 1. The lowest BCUT2D eigenvalue weighted by atomic mass is 10.2. The van der Waals surface area contributed by atoms with Crippen molar-refractivity contribution >= 4 is 11.4 Å². The maximum Gasteiger partial charge on any atom is 0.278 e. The van der Waals surface area contributed by atoms with Crippen LogP contribution in [0.1, 0.15) is 21.5 Å². The summed E-state index contributed by atoms with van der Waals surface area (Å²) in [6.45, 7) is 0.923. The van der Waals surface area contributed by atoms with Gasteiger partial charge in [-0.25, -0.2) is 4.39 Å². The maximum absolute atomic E-state index is 13.0. The number of carbonyl (C=O) groups is 1. The molecule has 0 radical (unpaired) electrons. The standard InChI is InChI=1S/C25H22FN3O5/c26-19-8-6-17(7-9-19)14-27-24(32)20-15-29-11-10-28(25(33)21(29)23(31)22(20)30)12-13-34-16-18-4-2-1-3-5-18/h1-11,15,31H,12-14,16H2,(H,27,32). The van der Waals surface area contributed by atoms with Gasteiger partial charge in [-0.2, -0.15) is 0 Å². The second-order valence-corrected chi connectivity index (χ2v) is 7.62. The molecule has 0 saturated carbocycles. The van der Waals surface area contributed by atoms with Crippen molar-refractivity contribution in [3.8, 4) is 5.75 Å². The Hall–Kier alpha value is -4.24. The summed E-state index contributed by atoms with van der Waals surface area (Å²) in [5.74, 6) is -1.93. The van der Waals surface area contributed by atoms with Gasteiger partial charge in [-0.15, -0.1) is 0 Å². The van der Waals surface area contributed by atoms with Gasteiger partial charge in [-0.1, -0.05) is 42.5 Å². The van der Waals surface area contributed by atoms with E-state index in [2.05, 4.69) is 5.32 Å². The third kappa shape index (κ3) is 5.05. The number of aromatic nitrogens is 2. The Bertz CT molecular complexity index is 1430. The van der Waals surface area contributed by atoms with Gasteiger partial charge in [0.2, 0.25) is 5.43 Å².